The molecule has 30 heavy (non-hydrogen) atoms. The number of aromatic nitrogens is 4. The van der Waals surface area contributed by atoms with E-state index in [4.69, 9.17) is 0 Å². The lowest BCUT2D eigenvalue weighted by atomic mass is 9.99. The van der Waals surface area contributed by atoms with Gasteiger partial charge >= 0.3 is 6.18 Å². The highest BCUT2D eigenvalue weighted by atomic mass is 19.4. The second-order valence-corrected chi connectivity index (χ2v) is 6.51. The molecule has 0 aliphatic carbocycles. The van der Waals surface area contributed by atoms with Crippen LogP contribution in [0.4, 0.5) is 24.5 Å². The zero-order valence-electron chi connectivity index (χ0n) is 14.7. The minimum atomic E-state index is -4.64. The number of anilines is 2. The van der Waals surface area contributed by atoms with E-state index >= 15 is 0 Å². The summed E-state index contributed by atoms with van der Waals surface area (Å²) in [6.07, 6.45) is -4.64. The van der Waals surface area contributed by atoms with Crippen molar-refractivity contribution in [1.29, 1.82) is 0 Å². The fourth-order valence-electron chi connectivity index (χ4n) is 3.57. The summed E-state index contributed by atoms with van der Waals surface area (Å²) in [6, 6.07) is 8.49. The lowest BCUT2D eigenvalue weighted by Gasteiger charge is -2.11. The van der Waals surface area contributed by atoms with E-state index in [1.54, 1.807) is 18.2 Å². The third-order valence-electron chi connectivity index (χ3n) is 4.84. The van der Waals surface area contributed by atoms with Gasteiger partial charge in [-0.2, -0.15) is 13.2 Å². The Hall–Kier alpha value is -4.22. The number of carbonyl (C=O) groups excluding carboxylic acids is 1. The van der Waals surface area contributed by atoms with Crippen LogP contribution in [0.2, 0.25) is 0 Å². The zero-order valence-corrected chi connectivity index (χ0v) is 14.7. The molecule has 12 heteroatoms. The smallest absolute Gasteiger partial charge is 0.410 e. The molecule has 9 nitrogen and oxygen atoms in total. The van der Waals surface area contributed by atoms with Gasteiger partial charge in [0, 0.05) is 22.4 Å². The van der Waals surface area contributed by atoms with Gasteiger partial charge in [0.2, 0.25) is 0 Å². The highest BCUT2D eigenvalue weighted by Crippen LogP contribution is 2.45. The number of nitrogens with zero attached hydrogens (tertiary/aromatic N) is 4. The van der Waals surface area contributed by atoms with Crippen LogP contribution in [0.25, 0.3) is 17.0 Å². The van der Waals surface area contributed by atoms with Crippen LogP contribution in [0.5, 0.6) is 0 Å². The summed E-state index contributed by atoms with van der Waals surface area (Å²) >= 11 is 0. The van der Waals surface area contributed by atoms with Crippen LogP contribution in [0.1, 0.15) is 16.7 Å². The molecule has 3 aromatic rings. The lowest BCUT2D eigenvalue weighted by Crippen LogP contribution is -2.13. The molecule has 2 aliphatic heterocycles. The summed E-state index contributed by atoms with van der Waals surface area (Å²) in [6.45, 7) is 0. The largest absolute Gasteiger partial charge is 0.418 e. The predicted molar refractivity (Wildman–Crippen MR) is 98.6 cm³/mol. The number of hydrogen-bond acceptors (Lipinski definition) is 7. The topological polar surface area (TPSA) is 128 Å². The van der Waals surface area contributed by atoms with Crippen molar-refractivity contribution < 1.29 is 23.2 Å². The molecule has 4 N–H and O–H groups in total. The van der Waals surface area contributed by atoms with Crippen molar-refractivity contribution in [3.05, 3.63) is 58.8 Å². The maximum atomic E-state index is 13.3. The Kier molecular flexibility index (Phi) is 3.65. The second-order valence-electron chi connectivity index (χ2n) is 6.51. The Morgan fingerprint density at radius 2 is 1.90 bits per heavy atom. The molecule has 0 unspecified atom stereocenters. The minimum absolute atomic E-state index is 0.00902. The summed E-state index contributed by atoms with van der Waals surface area (Å²) in [5, 5.41) is 31.6. The molecular formula is C18H10F3N7O2. The first-order valence-corrected chi connectivity index (χ1v) is 8.52. The van der Waals surface area contributed by atoms with Crippen molar-refractivity contribution in [1.82, 2.24) is 20.6 Å². The Balaban J connectivity index is 1.67. The van der Waals surface area contributed by atoms with Crippen LogP contribution in [-0.4, -0.2) is 37.5 Å². The molecule has 0 bridgehead atoms. The fraction of sp³-hybridized carbons (Fsp3) is 0.0556. The number of tetrazole rings is 1. The van der Waals surface area contributed by atoms with Crippen LogP contribution < -0.4 is 10.6 Å². The van der Waals surface area contributed by atoms with Gasteiger partial charge in [-0.25, -0.2) is 5.10 Å². The van der Waals surface area contributed by atoms with Crippen LogP contribution >= 0.6 is 0 Å². The van der Waals surface area contributed by atoms with Crippen molar-refractivity contribution in [3.8, 4) is 11.4 Å². The van der Waals surface area contributed by atoms with E-state index in [1.165, 1.54) is 12.1 Å². The van der Waals surface area contributed by atoms with E-state index in [1.807, 2.05) is 0 Å². The number of rotatable bonds is 1. The number of alkyl halides is 3. The summed E-state index contributed by atoms with van der Waals surface area (Å²) in [4.78, 5) is 12.6. The third-order valence-corrected chi connectivity index (χ3v) is 4.84. The van der Waals surface area contributed by atoms with Gasteiger partial charge in [0.1, 0.15) is 5.71 Å². The van der Waals surface area contributed by atoms with Gasteiger partial charge in [-0.3, -0.25) is 4.79 Å². The van der Waals surface area contributed by atoms with Crippen molar-refractivity contribution in [2.45, 2.75) is 6.18 Å². The SMILES string of the molecule is O=C1Nc2c(cccc2C(F)(F)F)/C1=C1/Nc2ccc(-c3nnn[nH]3)cc2/C1=N\O. The van der Waals surface area contributed by atoms with Gasteiger partial charge in [0.15, 0.2) is 5.82 Å². The Labute approximate surface area is 165 Å². The molecule has 0 saturated heterocycles. The number of benzene rings is 2. The number of halogens is 3. The number of para-hydroxylation sites is 1. The van der Waals surface area contributed by atoms with E-state index in [2.05, 4.69) is 36.4 Å². The van der Waals surface area contributed by atoms with Crippen LogP contribution in [0.3, 0.4) is 0 Å². The quantitative estimate of drug-likeness (QED) is 0.276. The molecule has 1 aromatic heterocycles. The standard InChI is InChI=1S/C18H10F3N7O2/c19-18(20,21)10-3-1-2-8-12(17(29)23-13(8)10)15-14(26-30)9-6-7(4-5-11(9)22-15)16-24-27-28-25-16/h1-6,22,30H,(H,23,29)(H,24,25,27,28)/b15-12-,26-14+. The third kappa shape index (κ3) is 2.53. The van der Waals surface area contributed by atoms with Crippen LogP contribution in [0, 0.1) is 0 Å². The van der Waals surface area contributed by atoms with Gasteiger partial charge in [0.05, 0.1) is 22.5 Å². The molecule has 2 aliphatic rings. The van der Waals surface area contributed by atoms with E-state index in [0.717, 1.165) is 6.07 Å². The Bertz CT molecular complexity index is 1260. The van der Waals surface area contributed by atoms with Gasteiger partial charge in [-0.1, -0.05) is 17.3 Å². The first-order valence-electron chi connectivity index (χ1n) is 8.52. The highest BCUT2D eigenvalue weighted by molar-refractivity contribution is 6.40. The average Bonchev–Trinajstić information content (AvgIpc) is 3.42. The number of fused-ring (bicyclic) bond motifs is 2. The maximum absolute atomic E-state index is 13.3. The Morgan fingerprint density at radius 1 is 1.07 bits per heavy atom. The highest BCUT2D eigenvalue weighted by Gasteiger charge is 2.41. The number of nitrogens with one attached hydrogen (secondary N) is 3. The number of carbonyl (C=O) groups is 1. The van der Waals surface area contributed by atoms with E-state index in [9.17, 15) is 23.2 Å². The molecule has 3 heterocycles. The molecular weight excluding hydrogens is 403 g/mol. The van der Waals surface area contributed by atoms with Crippen molar-refractivity contribution in [3.63, 3.8) is 0 Å². The van der Waals surface area contributed by atoms with Crippen LogP contribution in [0.15, 0.2) is 47.3 Å². The van der Waals surface area contributed by atoms with E-state index in [0.29, 0.717) is 22.6 Å². The molecule has 0 saturated carbocycles. The first kappa shape index (κ1) is 17.8. The van der Waals surface area contributed by atoms with Crippen molar-refractivity contribution >= 4 is 28.6 Å². The number of H-pyrrole nitrogens is 1. The molecule has 5 rings (SSSR count). The number of hydrogen-bond donors (Lipinski definition) is 4. The molecule has 0 spiro atoms. The molecule has 0 radical (unpaired) electrons. The van der Waals surface area contributed by atoms with Gasteiger partial charge < -0.3 is 15.8 Å². The monoisotopic (exact) mass is 413 g/mol. The summed E-state index contributed by atoms with van der Waals surface area (Å²) in [5.41, 5.74) is 0.350. The van der Waals surface area contributed by atoms with Crippen molar-refractivity contribution in [2.24, 2.45) is 5.16 Å². The number of allylic oxidation sites excluding steroid dienone is 1. The molecule has 0 atom stereocenters. The lowest BCUT2D eigenvalue weighted by molar-refractivity contribution is -0.136. The zero-order chi connectivity index (χ0) is 21.0. The van der Waals surface area contributed by atoms with Crippen molar-refractivity contribution in [2.75, 3.05) is 10.6 Å². The molecule has 1 amide bonds. The number of aromatic amines is 1. The average molecular weight is 413 g/mol. The maximum Gasteiger partial charge on any atom is 0.418 e. The van der Waals surface area contributed by atoms with Gasteiger partial charge in [-0.05, 0) is 34.7 Å². The molecule has 0 fully saturated rings. The van der Waals surface area contributed by atoms with E-state index in [-0.39, 0.29) is 28.2 Å². The fourth-order valence-corrected chi connectivity index (χ4v) is 3.57. The summed E-state index contributed by atoms with van der Waals surface area (Å²) in [7, 11) is 0. The Morgan fingerprint density at radius 3 is 2.60 bits per heavy atom. The molecule has 150 valence electrons. The normalized spacial score (nSPS) is 18.9. The first-order chi connectivity index (χ1) is 14.4. The van der Waals surface area contributed by atoms with Crippen LogP contribution in [-0.2, 0) is 11.0 Å². The van der Waals surface area contributed by atoms with Gasteiger partial charge in [-0.15, -0.1) is 5.10 Å². The number of oxime groups is 1. The number of amides is 1. The summed E-state index contributed by atoms with van der Waals surface area (Å²) < 4.78 is 40.0. The molecule has 2 aromatic carbocycles. The predicted octanol–water partition coefficient (Wildman–Crippen LogP) is 2.85. The summed E-state index contributed by atoms with van der Waals surface area (Å²) in [5.74, 6) is -0.368. The van der Waals surface area contributed by atoms with Gasteiger partial charge in [0.25, 0.3) is 5.91 Å². The van der Waals surface area contributed by atoms with E-state index < -0.39 is 17.6 Å². The minimum Gasteiger partial charge on any atom is -0.410 e. The second kappa shape index (κ2) is 6.14.